The van der Waals surface area contributed by atoms with Crippen molar-refractivity contribution in [1.29, 1.82) is 0 Å². The Morgan fingerprint density at radius 3 is 2.56 bits per heavy atom. The molecule has 170 valence electrons. The van der Waals surface area contributed by atoms with Crippen molar-refractivity contribution in [2.24, 2.45) is 0 Å². The molecule has 1 aliphatic heterocycles. The van der Waals surface area contributed by atoms with Crippen molar-refractivity contribution in [3.8, 4) is 11.3 Å². The van der Waals surface area contributed by atoms with E-state index < -0.39 is 6.10 Å². The molecule has 3 aromatic heterocycles. The van der Waals surface area contributed by atoms with Crippen LogP contribution >= 0.6 is 11.3 Å². The van der Waals surface area contributed by atoms with Gasteiger partial charge in [-0.25, -0.2) is 19.9 Å². The summed E-state index contributed by atoms with van der Waals surface area (Å²) in [4.78, 5) is 23.1. The second-order valence-corrected chi connectivity index (χ2v) is 9.18. The Morgan fingerprint density at radius 2 is 1.94 bits per heavy atom. The molecule has 2 N–H and O–H groups in total. The Morgan fingerprint density at radius 1 is 1.16 bits per heavy atom. The second kappa shape index (κ2) is 9.38. The summed E-state index contributed by atoms with van der Waals surface area (Å²) in [5, 5.41) is 17.0. The zero-order valence-electron chi connectivity index (χ0n) is 19.3. The molecule has 0 unspecified atom stereocenters. The maximum absolute atomic E-state index is 10.7. The van der Waals surface area contributed by atoms with E-state index in [0.29, 0.717) is 13.1 Å². The van der Waals surface area contributed by atoms with E-state index in [2.05, 4.69) is 47.0 Å². The van der Waals surface area contributed by atoms with Crippen LogP contribution in [-0.4, -0.2) is 64.4 Å². The number of aromatic nitrogens is 4. The average Bonchev–Trinajstić information content (AvgIpc) is 3.43. The van der Waals surface area contributed by atoms with Crippen LogP contribution in [0.3, 0.4) is 0 Å². The summed E-state index contributed by atoms with van der Waals surface area (Å²) in [5.41, 5.74) is 4.85. The lowest BCUT2D eigenvalue weighted by Gasteiger charge is -2.21. The molecule has 9 heteroatoms. The van der Waals surface area contributed by atoms with E-state index in [4.69, 9.17) is 9.97 Å². The maximum Gasteiger partial charge on any atom is 0.185 e. The zero-order valence-corrected chi connectivity index (χ0v) is 20.1. The lowest BCUT2D eigenvalue weighted by atomic mass is 10.0. The van der Waals surface area contributed by atoms with Crippen LogP contribution in [0, 0.1) is 6.92 Å². The molecule has 2 atom stereocenters. The summed E-state index contributed by atoms with van der Waals surface area (Å²) in [5.74, 6) is 1.68. The molecule has 0 spiro atoms. The first-order chi connectivity index (χ1) is 15.4. The van der Waals surface area contributed by atoms with Crippen molar-refractivity contribution in [3.05, 3.63) is 40.8 Å². The standard InChI is InChI=1S/C23H31N7OS/c1-6-16-21(15-11-25-20(29(4)5)10-14(15)3)26-17(7-2)22(27-16)28-18-12-30(13-19(18)31)23-24-8-9-32-23/h8-11,18-19,31H,6-7,12-13H2,1-5H3,(H,27,28)/t18-,19+/m1/s1. The highest BCUT2D eigenvalue weighted by Gasteiger charge is 2.33. The third-order valence-electron chi connectivity index (χ3n) is 5.82. The number of aliphatic hydroxyl groups is 1. The minimum atomic E-state index is -0.500. The summed E-state index contributed by atoms with van der Waals surface area (Å²) in [7, 11) is 3.98. The van der Waals surface area contributed by atoms with E-state index in [-0.39, 0.29) is 6.04 Å². The number of nitrogens with one attached hydrogen (secondary N) is 1. The van der Waals surface area contributed by atoms with Gasteiger partial charge in [0, 0.05) is 50.5 Å². The van der Waals surface area contributed by atoms with Gasteiger partial charge in [-0.15, -0.1) is 11.3 Å². The first-order valence-electron chi connectivity index (χ1n) is 11.0. The van der Waals surface area contributed by atoms with E-state index in [1.54, 1.807) is 17.5 Å². The van der Waals surface area contributed by atoms with Gasteiger partial charge in [-0.2, -0.15) is 0 Å². The van der Waals surface area contributed by atoms with Crippen LogP contribution in [0.15, 0.2) is 23.8 Å². The third-order valence-corrected chi connectivity index (χ3v) is 6.65. The zero-order chi connectivity index (χ0) is 22.8. The number of pyridine rings is 1. The smallest absolute Gasteiger partial charge is 0.185 e. The molecular formula is C23H31N7OS. The van der Waals surface area contributed by atoms with Crippen LogP contribution in [0.4, 0.5) is 16.8 Å². The fourth-order valence-corrected chi connectivity index (χ4v) is 4.66. The van der Waals surface area contributed by atoms with Crippen LogP contribution < -0.4 is 15.1 Å². The summed E-state index contributed by atoms with van der Waals surface area (Å²) in [6.07, 6.45) is 4.69. The number of β-amino-alcohol motifs (C(OH)–C–C–N with tert-alkyl or cyclic N) is 1. The Kier molecular flexibility index (Phi) is 6.57. The van der Waals surface area contributed by atoms with Gasteiger partial charge < -0.3 is 20.2 Å². The minimum Gasteiger partial charge on any atom is -0.389 e. The van der Waals surface area contributed by atoms with Gasteiger partial charge in [-0.3, -0.25) is 0 Å². The molecule has 0 radical (unpaired) electrons. The molecular weight excluding hydrogens is 422 g/mol. The molecule has 4 heterocycles. The maximum atomic E-state index is 10.7. The van der Waals surface area contributed by atoms with Gasteiger partial charge in [0.05, 0.1) is 29.2 Å². The normalized spacial score (nSPS) is 18.2. The third kappa shape index (κ3) is 4.40. The van der Waals surface area contributed by atoms with Crippen LogP contribution in [-0.2, 0) is 12.8 Å². The Balaban J connectivity index is 1.64. The van der Waals surface area contributed by atoms with Crippen molar-refractivity contribution < 1.29 is 5.11 Å². The fourth-order valence-electron chi connectivity index (χ4n) is 4.00. The first-order valence-corrected chi connectivity index (χ1v) is 11.9. The van der Waals surface area contributed by atoms with Gasteiger partial charge in [-0.05, 0) is 31.4 Å². The summed E-state index contributed by atoms with van der Waals surface area (Å²) in [6.45, 7) is 7.50. The number of nitrogens with zero attached hydrogens (tertiary/aromatic N) is 6. The minimum absolute atomic E-state index is 0.128. The highest BCUT2D eigenvalue weighted by Crippen LogP contribution is 2.30. The fraction of sp³-hybridized carbons (Fsp3) is 0.478. The van der Waals surface area contributed by atoms with Gasteiger partial charge in [0.1, 0.15) is 11.6 Å². The van der Waals surface area contributed by atoms with Crippen molar-refractivity contribution in [2.75, 3.05) is 42.3 Å². The van der Waals surface area contributed by atoms with E-state index in [1.165, 1.54) is 0 Å². The number of rotatable bonds is 7. The van der Waals surface area contributed by atoms with Crippen LogP contribution in [0.25, 0.3) is 11.3 Å². The highest BCUT2D eigenvalue weighted by molar-refractivity contribution is 7.13. The number of hydrogen-bond acceptors (Lipinski definition) is 9. The summed E-state index contributed by atoms with van der Waals surface area (Å²) < 4.78 is 0. The molecule has 1 aliphatic rings. The van der Waals surface area contributed by atoms with E-state index in [1.807, 2.05) is 30.6 Å². The van der Waals surface area contributed by atoms with Crippen LogP contribution in [0.1, 0.15) is 30.8 Å². The highest BCUT2D eigenvalue weighted by atomic mass is 32.1. The SMILES string of the molecule is CCc1nc(-c2cnc(N(C)C)cc2C)c(CC)nc1N[C@@H]1CN(c2nccs2)C[C@@H]1O. The topological polar surface area (TPSA) is 90.3 Å². The summed E-state index contributed by atoms with van der Waals surface area (Å²) >= 11 is 1.59. The van der Waals surface area contributed by atoms with Crippen molar-refractivity contribution in [1.82, 2.24) is 19.9 Å². The predicted octanol–water partition coefficient (Wildman–Crippen LogP) is 3.16. The summed E-state index contributed by atoms with van der Waals surface area (Å²) in [6, 6.07) is 1.95. The molecule has 0 amide bonds. The Hall–Kier alpha value is -2.78. The number of anilines is 3. The molecule has 3 aromatic rings. The van der Waals surface area contributed by atoms with Gasteiger partial charge >= 0.3 is 0 Å². The number of aliphatic hydroxyl groups excluding tert-OH is 1. The first kappa shape index (κ1) is 22.4. The molecule has 0 aromatic carbocycles. The molecule has 4 rings (SSSR count). The van der Waals surface area contributed by atoms with Gasteiger partial charge in [-0.1, -0.05) is 13.8 Å². The van der Waals surface area contributed by atoms with Crippen molar-refractivity contribution in [2.45, 2.75) is 45.8 Å². The van der Waals surface area contributed by atoms with E-state index >= 15 is 0 Å². The Bertz CT molecular complexity index is 1070. The Labute approximate surface area is 193 Å². The molecule has 8 nitrogen and oxygen atoms in total. The van der Waals surface area contributed by atoms with Gasteiger partial charge in [0.25, 0.3) is 0 Å². The molecule has 32 heavy (non-hydrogen) atoms. The predicted molar refractivity (Wildman–Crippen MR) is 131 cm³/mol. The van der Waals surface area contributed by atoms with Gasteiger partial charge in [0.15, 0.2) is 5.13 Å². The molecule has 0 aliphatic carbocycles. The van der Waals surface area contributed by atoms with E-state index in [9.17, 15) is 5.11 Å². The molecule has 0 bridgehead atoms. The number of hydrogen-bond donors (Lipinski definition) is 2. The quantitative estimate of drug-likeness (QED) is 0.564. The largest absolute Gasteiger partial charge is 0.389 e. The van der Waals surface area contributed by atoms with Crippen LogP contribution in [0.2, 0.25) is 0 Å². The average molecular weight is 454 g/mol. The van der Waals surface area contributed by atoms with Crippen LogP contribution in [0.5, 0.6) is 0 Å². The lowest BCUT2D eigenvalue weighted by Crippen LogP contribution is -2.33. The second-order valence-electron chi connectivity index (χ2n) is 8.31. The number of thiazole rings is 1. The number of aryl methyl sites for hydroxylation is 3. The lowest BCUT2D eigenvalue weighted by molar-refractivity contribution is 0.186. The monoisotopic (exact) mass is 453 g/mol. The van der Waals surface area contributed by atoms with Crippen molar-refractivity contribution >= 4 is 28.1 Å². The molecule has 1 saturated heterocycles. The molecule has 0 saturated carbocycles. The van der Waals surface area contributed by atoms with E-state index in [0.717, 1.165) is 57.8 Å². The van der Waals surface area contributed by atoms with Crippen molar-refractivity contribution in [3.63, 3.8) is 0 Å². The van der Waals surface area contributed by atoms with Gasteiger partial charge in [0.2, 0.25) is 0 Å². The molecule has 1 fully saturated rings.